The average molecular weight is 384 g/mol. The lowest BCUT2D eigenvalue weighted by atomic mass is 9.91. The van der Waals surface area contributed by atoms with Crippen molar-refractivity contribution in [2.24, 2.45) is 5.92 Å². The quantitative estimate of drug-likeness (QED) is 0.729. The fraction of sp³-hybridized carbons (Fsp3) is 0.435. The summed E-state index contributed by atoms with van der Waals surface area (Å²) in [5, 5.41) is 0. The van der Waals surface area contributed by atoms with Gasteiger partial charge >= 0.3 is 0 Å². The third-order valence-electron chi connectivity index (χ3n) is 5.48. The third kappa shape index (κ3) is 4.97. The van der Waals surface area contributed by atoms with E-state index in [9.17, 15) is 9.18 Å². The van der Waals surface area contributed by atoms with E-state index >= 15 is 0 Å². The van der Waals surface area contributed by atoms with Gasteiger partial charge in [-0.3, -0.25) is 4.79 Å². The molecule has 0 unspecified atom stereocenters. The smallest absolute Gasteiger partial charge is 0.253 e. The van der Waals surface area contributed by atoms with E-state index in [2.05, 4.69) is 36.1 Å². The Kier molecular flexibility index (Phi) is 7.18. The van der Waals surface area contributed by atoms with Gasteiger partial charge in [-0.05, 0) is 36.5 Å². The zero-order valence-electron chi connectivity index (χ0n) is 16.7. The number of amides is 1. The highest BCUT2D eigenvalue weighted by atomic mass is 19.1. The van der Waals surface area contributed by atoms with E-state index in [1.165, 1.54) is 18.7 Å². The fourth-order valence-electron chi connectivity index (χ4n) is 4.08. The molecule has 0 aliphatic carbocycles. The van der Waals surface area contributed by atoms with E-state index in [0.717, 1.165) is 32.5 Å². The second-order valence-electron chi connectivity index (χ2n) is 7.52. The third-order valence-corrected chi connectivity index (χ3v) is 5.48. The number of anilines is 1. The summed E-state index contributed by atoms with van der Waals surface area (Å²) in [5.41, 5.74) is 1.68. The summed E-state index contributed by atoms with van der Waals surface area (Å²) < 4.78 is 19.5. The number of methoxy groups -OCH3 is 1. The molecule has 1 aliphatic heterocycles. The number of para-hydroxylation sites is 1. The number of ether oxygens (including phenoxy) is 1. The summed E-state index contributed by atoms with van der Waals surface area (Å²) >= 11 is 0. The van der Waals surface area contributed by atoms with E-state index < -0.39 is 0 Å². The van der Waals surface area contributed by atoms with Crippen molar-refractivity contribution in [1.82, 2.24) is 4.90 Å². The predicted molar refractivity (Wildman–Crippen MR) is 110 cm³/mol. The Morgan fingerprint density at radius 1 is 1.18 bits per heavy atom. The highest BCUT2D eigenvalue weighted by Crippen LogP contribution is 2.29. The average Bonchev–Trinajstić information content (AvgIpc) is 2.70. The van der Waals surface area contributed by atoms with E-state index in [1.807, 2.05) is 6.07 Å². The normalized spacial score (nSPS) is 20.1. The van der Waals surface area contributed by atoms with Crippen LogP contribution in [0.4, 0.5) is 10.1 Å². The number of hydrogen-bond acceptors (Lipinski definition) is 3. The molecule has 1 fully saturated rings. The van der Waals surface area contributed by atoms with Crippen molar-refractivity contribution < 1.29 is 13.9 Å². The monoisotopic (exact) mass is 384 g/mol. The summed E-state index contributed by atoms with van der Waals surface area (Å²) in [6.45, 7) is 4.88. The zero-order chi connectivity index (χ0) is 19.9. The van der Waals surface area contributed by atoms with Gasteiger partial charge in [0.05, 0.1) is 5.69 Å². The largest absolute Gasteiger partial charge is 0.375 e. The molecule has 0 aromatic heterocycles. The lowest BCUT2D eigenvalue weighted by Gasteiger charge is -2.42. The van der Waals surface area contributed by atoms with Gasteiger partial charge in [-0.25, -0.2) is 4.39 Å². The summed E-state index contributed by atoms with van der Waals surface area (Å²) in [6, 6.07) is 16.9. The molecule has 2 aromatic carbocycles. The van der Waals surface area contributed by atoms with Crippen LogP contribution in [0.15, 0.2) is 54.6 Å². The van der Waals surface area contributed by atoms with Crippen molar-refractivity contribution in [3.8, 4) is 0 Å². The second-order valence-corrected chi connectivity index (χ2v) is 7.52. The maximum Gasteiger partial charge on any atom is 0.253 e. The molecule has 2 aromatic rings. The first-order valence-electron chi connectivity index (χ1n) is 9.92. The van der Waals surface area contributed by atoms with Crippen molar-refractivity contribution in [2.75, 3.05) is 38.3 Å². The van der Waals surface area contributed by atoms with Gasteiger partial charge in [-0.1, -0.05) is 49.4 Å². The molecular weight excluding hydrogens is 355 g/mol. The van der Waals surface area contributed by atoms with Gasteiger partial charge in [0.1, 0.15) is 12.4 Å². The molecule has 1 saturated heterocycles. The van der Waals surface area contributed by atoms with Gasteiger partial charge in [0.2, 0.25) is 0 Å². The Morgan fingerprint density at radius 2 is 1.89 bits per heavy atom. The van der Waals surface area contributed by atoms with Crippen molar-refractivity contribution in [1.29, 1.82) is 0 Å². The van der Waals surface area contributed by atoms with Gasteiger partial charge in [0, 0.05) is 32.8 Å². The molecule has 0 saturated carbocycles. The highest BCUT2D eigenvalue weighted by Gasteiger charge is 2.35. The van der Waals surface area contributed by atoms with Crippen LogP contribution in [0.25, 0.3) is 0 Å². The minimum absolute atomic E-state index is 0.0347. The predicted octanol–water partition coefficient (Wildman–Crippen LogP) is 3.76. The number of benzene rings is 2. The Hall–Kier alpha value is -2.24. The Morgan fingerprint density at radius 3 is 2.57 bits per heavy atom. The fourth-order valence-corrected chi connectivity index (χ4v) is 4.08. The van der Waals surface area contributed by atoms with Crippen LogP contribution in [0.3, 0.4) is 0 Å². The number of likely N-dealkylation sites (tertiary alicyclic amines) is 1. The molecule has 5 heteroatoms. The lowest BCUT2D eigenvalue weighted by molar-refractivity contribution is -0.123. The van der Waals surface area contributed by atoms with E-state index in [-0.39, 0.29) is 30.3 Å². The molecule has 1 heterocycles. The van der Waals surface area contributed by atoms with Crippen molar-refractivity contribution in [2.45, 2.75) is 25.8 Å². The topological polar surface area (TPSA) is 32.8 Å². The molecule has 0 bridgehead atoms. The van der Waals surface area contributed by atoms with Crippen LogP contribution in [0.5, 0.6) is 0 Å². The summed E-state index contributed by atoms with van der Waals surface area (Å²) in [7, 11) is 1.49. The van der Waals surface area contributed by atoms with Crippen molar-refractivity contribution in [3.05, 3.63) is 66.0 Å². The molecule has 28 heavy (non-hydrogen) atoms. The van der Waals surface area contributed by atoms with E-state index in [0.29, 0.717) is 5.69 Å². The van der Waals surface area contributed by atoms with Crippen molar-refractivity contribution >= 4 is 11.6 Å². The van der Waals surface area contributed by atoms with Crippen LogP contribution in [0.1, 0.15) is 18.9 Å². The molecule has 150 valence electrons. The molecule has 4 nitrogen and oxygen atoms in total. The van der Waals surface area contributed by atoms with E-state index in [1.54, 1.807) is 23.1 Å². The minimum Gasteiger partial charge on any atom is -0.375 e. The van der Waals surface area contributed by atoms with E-state index in [4.69, 9.17) is 4.74 Å². The van der Waals surface area contributed by atoms with Crippen LogP contribution < -0.4 is 4.90 Å². The molecular formula is C23H29FN2O2. The number of rotatable bonds is 7. The molecule has 1 amide bonds. The van der Waals surface area contributed by atoms with Crippen LogP contribution >= 0.6 is 0 Å². The lowest BCUT2D eigenvalue weighted by Crippen LogP contribution is -2.53. The minimum atomic E-state index is -0.370. The van der Waals surface area contributed by atoms with Gasteiger partial charge in [0.15, 0.2) is 0 Å². The molecule has 0 N–H and O–H groups in total. The van der Waals surface area contributed by atoms with Gasteiger partial charge in [-0.2, -0.15) is 0 Å². The first-order valence-corrected chi connectivity index (χ1v) is 9.92. The van der Waals surface area contributed by atoms with Crippen LogP contribution in [0.2, 0.25) is 0 Å². The number of carbonyl (C=O) groups excluding carboxylic acids is 1. The molecule has 0 spiro atoms. The highest BCUT2D eigenvalue weighted by molar-refractivity contribution is 5.95. The first-order chi connectivity index (χ1) is 13.6. The maximum atomic E-state index is 14.5. The van der Waals surface area contributed by atoms with Crippen LogP contribution in [-0.4, -0.2) is 50.2 Å². The maximum absolute atomic E-state index is 14.5. The molecule has 2 atom stereocenters. The standard InChI is InChI=1S/C23H29FN2O2/c1-18-16-25(14-12-19-8-4-3-5-9-19)15-13-21(18)26(23(27)17-28-2)22-11-7-6-10-20(22)24/h3-11,18,21H,12-17H2,1-2H3/t18-,21-/m1/s1. The summed E-state index contributed by atoms with van der Waals surface area (Å²) in [6.07, 6.45) is 1.83. The zero-order valence-corrected chi connectivity index (χ0v) is 16.7. The second kappa shape index (κ2) is 9.80. The number of halogens is 1. The van der Waals surface area contributed by atoms with Crippen molar-refractivity contribution in [3.63, 3.8) is 0 Å². The van der Waals surface area contributed by atoms with Crippen LogP contribution in [-0.2, 0) is 16.0 Å². The Balaban J connectivity index is 1.69. The molecule has 1 aliphatic rings. The summed E-state index contributed by atoms with van der Waals surface area (Å²) in [5.74, 6) is -0.321. The van der Waals surface area contributed by atoms with Gasteiger partial charge < -0.3 is 14.5 Å². The number of piperidine rings is 1. The number of nitrogens with zero attached hydrogens (tertiary/aromatic N) is 2. The van der Waals surface area contributed by atoms with Gasteiger partial charge in [-0.15, -0.1) is 0 Å². The Bertz CT molecular complexity index is 768. The number of hydrogen-bond donors (Lipinski definition) is 0. The molecule has 3 rings (SSSR count). The SMILES string of the molecule is COCC(=O)N(c1ccccc1F)[C@@H]1CCN(CCc2ccccc2)C[C@H]1C. The molecule has 0 radical (unpaired) electrons. The van der Waals surface area contributed by atoms with Gasteiger partial charge in [0.25, 0.3) is 5.91 Å². The Labute approximate surface area is 166 Å². The first kappa shape index (κ1) is 20.5. The number of carbonyl (C=O) groups is 1. The van der Waals surface area contributed by atoms with Crippen LogP contribution in [0, 0.1) is 11.7 Å². The summed E-state index contributed by atoms with van der Waals surface area (Å²) in [4.78, 5) is 16.8.